The Bertz CT molecular complexity index is 64.6. The molecule has 35 valence electrons. The van der Waals surface area contributed by atoms with Crippen LogP contribution in [0.15, 0.2) is 30.3 Å². The third-order valence-electron chi connectivity index (χ3n) is 0.556. The van der Waals surface area contributed by atoms with Crippen LogP contribution < -0.4 is 0 Å². The molecular formula is C5H5ClHg-. The Morgan fingerprint density at radius 3 is 1.71 bits per heavy atom. The van der Waals surface area contributed by atoms with Gasteiger partial charge in [0.2, 0.25) is 0 Å². The van der Waals surface area contributed by atoms with Crippen LogP contribution in [0.4, 0.5) is 0 Å². The molecule has 0 amide bonds. The van der Waals surface area contributed by atoms with Crippen molar-refractivity contribution >= 4 is 8.25 Å². The minimum Gasteiger partial charge on any atom is -0.214 e. The van der Waals surface area contributed by atoms with E-state index in [-0.39, 0.29) is 0 Å². The number of rotatable bonds is 0. The van der Waals surface area contributed by atoms with E-state index in [1.54, 1.807) is 0 Å². The fourth-order valence-corrected chi connectivity index (χ4v) is 0.321. The van der Waals surface area contributed by atoms with Crippen LogP contribution in [0.5, 0.6) is 0 Å². The minimum absolute atomic E-state index is 0.500. The van der Waals surface area contributed by atoms with Crippen LogP contribution in [-0.4, -0.2) is 0 Å². The van der Waals surface area contributed by atoms with Crippen molar-refractivity contribution in [3.63, 3.8) is 0 Å². The molecule has 1 rings (SSSR count). The summed E-state index contributed by atoms with van der Waals surface area (Å²) in [6.07, 6.45) is 0. The molecule has 1 aromatic carbocycles. The molecule has 0 spiro atoms. The molecule has 0 aliphatic rings. The molecule has 0 heterocycles. The van der Waals surface area contributed by atoms with Crippen LogP contribution in [0.2, 0.25) is 0 Å². The Morgan fingerprint density at radius 1 is 1.14 bits per heavy atom. The summed E-state index contributed by atoms with van der Waals surface area (Å²) in [5, 5.41) is 0. The first-order valence-electron chi connectivity index (χ1n) is 1.93. The van der Waals surface area contributed by atoms with Gasteiger partial charge in [-0.3, -0.25) is 0 Å². The smallest absolute Gasteiger partial charge is 0.172 e. The van der Waals surface area contributed by atoms with Crippen molar-refractivity contribution in [1.82, 2.24) is 0 Å². The SMILES string of the molecule is [Cl][Hg].c1cc[cH-]c1. The first-order valence-corrected chi connectivity index (χ1v) is 8.70. The van der Waals surface area contributed by atoms with E-state index in [1.165, 1.54) is 0 Å². The van der Waals surface area contributed by atoms with E-state index in [2.05, 4.69) is 0 Å². The largest absolute Gasteiger partial charge is 0.214 e. The van der Waals surface area contributed by atoms with Crippen molar-refractivity contribution in [3.05, 3.63) is 30.3 Å². The molecule has 0 aliphatic heterocycles. The Morgan fingerprint density at radius 2 is 1.57 bits per heavy atom. The van der Waals surface area contributed by atoms with E-state index in [0.717, 1.165) is 0 Å². The number of halogens is 1. The van der Waals surface area contributed by atoms with Crippen molar-refractivity contribution in [2.24, 2.45) is 0 Å². The van der Waals surface area contributed by atoms with Gasteiger partial charge in [0.25, 0.3) is 0 Å². The average molecular weight is 301 g/mol. The molecule has 2 heteroatoms. The predicted molar refractivity (Wildman–Crippen MR) is 27.9 cm³/mol. The van der Waals surface area contributed by atoms with Gasteiger partial charge in [-0.25, -0.2) is 12.1 Å². The van der Waals surface area contributed by atoms with Crippen LogP contribution >= 0.6 is 8.25 Å². The van der Waals surface area contributed by atoms with E-state index >= 15 is 0 Å². The second-order valence-electron chi connectivity index (χ2n) is 0.962. The van der Waals surface area contributed by atoms with E-state index in [0.29, 0.717) is 24.9 Å². The predicted octanol–water partition coefficient (Wildman–Crippen LogP) is 2.09. The van der Waals surface area contributed by atoms with Gasteiger partial charge >= 0.3 is 33.1 Å². The zero-order chi connectivity index (χ0) is 5.54. The molecule has 0 N–H and O–H groups in total. The maximum absolute atomic E-state index is 4.83. The van der Waals surface area contributed by atoms with Crippen LogP contribution in [0.3, 0.4) is 0 Å². The zero-order valence-electron chi connectivity index (χ0n) is 3.97. The normalized spacial score (nSPS) is 6.71. The zero-order valence-corrected chi connectivity index (χ0v) is 10.2. The standard InChI is InChI=1S/C5H5.ClH.Hg/c1-2-4-5-3-1;;/h1-5H;1H;/q-1;;+1/p-1. The molecule has 0 saturated carbocycles. The molecule has 0 radical (unpaired) electrons. The van der Waals surface area contributed by atoms with Gasteiger partial charge in [0.05, 0.1) is 0 Å². The fraction of sp³-hybridized carbons (Fsp3) is 0. The summed E-state index contributed by atoms with van der Waals surface area (Å²) in [5.74, 6) is 0. The third-order valence-corrected chi connectivity index (χ3v) is 0.556. The summed E-state index contributed by atoms with van der Waals surface area (Å²) < 4.78 is 0. The van der Waals surface area contributed by atoms with Gasteiger partial charge in [-0.1, -0.05) is 0 Å². The van der Waals surface area contributed by atoms with Crippen molar-refractivity contribution in [3.8, 4) is 0 Å². The van der Waals surface area contributed by atoms with Gasteiger partial charge < -0.3 is 0 Å². The Balaban J connectivity index is 0.000000162. The van der Waals surface area contributed by atoms with Crippen molar-refractivity contribution < 1.29 is 24.9 Å². The molecule has 0 aromatic heterocycles. The van der Waals surface area contributed by atoms with Crippen LogP contribution in [0, 0.1) is 0 Å². The van der Waals surface area contributed by atoms with Gasteiger partial charge in [0.15, 0.2) is 0 Å². The second kappa shape index (κ2) is 6.58. The maximum Gasteiger partial charge on any atom is -0.172 e. The summed E-state index contributed by atoms with van der Waals surface area (Å²) in [6, 6.07) is 10.0. The van der Waals surface area contributed by atoms with Crippen molar-refractivity contribution in [2.45, 2.75) is 0 Å². The Hall–Kier alpha value is 0.575. The Kier molecular flexibility index (Phi) is 7.12. The molecule has 1 aromatic rings. The molecule has 7 heavy (non-hydrogen) atoms. The van der Waals surface area contributed by atoms with Crippen LogP contribution in [-0.2, 0) is 24.9 Å². The molecule has 0 nitrogen and oxygen atoms in total. The second-order valence-corrected chi connectivity index (χ2v) is 0.962. The average Bonchev–Trinajstić information content (AvgIpc) is 2.23. The monoisotopic (exact) mass is 302 g/mol. The van der Waals surface area contributed by atoms with Gasteiger partial charge in [-0.05, 0) is 0 Å². The van der Waals surface area contributed by atoms with Crippen LogP contribution in [0.1, 0.15) is 0 Å². The number of hydrogen-bond donors (Lipinski definition) is 0. The summed E-state index contributed by atoms with van der Waals surface area (Å²) in [4.78, 5) is 0. The summed E-state index contributed by atoms with van der Waals surface area (Å²) in [7, 11) is 4.83. The molecular weight excluding hydrogens is 296 g/mol. The van der Waals surface area contributed by atoms with Crippen molar-refractivity contribution in [1.29, 1.82) is 0 Å². The van der Waals surface area contributed by atoms with E-state index in [1.807, 2.05) is 30.3 Å². The topological polar surface area (TPSA) is 0 Å². The van der Waals surface area contributed by atoms with Crippen molar-refractivity contribution in [2.75, 3.05) is 0 Å². The third kappa shape index (κ3) is 4.43. The quantitative estimate of drug-likeness (QED) is 0.508. The maximum atomic E-state index is 4.83. The molecule has 0 fully saturated rings. The van der Waals surface area contributed by atoms with E-state index in [9.17, 15) is 0 Å². The van der Waals surface area contributed by atoms with Gasteiger partial charge in [0.1, 0.15) is 0 Å². The van der Waals surface area contributed by atoms with E-state index < -0.39 is 0 Å². The fourth-order valence-electron chi connectivity index (χ4n) is 0.321. The molecule has 0 saturated heterocycles. The minimum atomic E-state index is 0.500. The molecule has 0 bridgehead atoms. The number of hydrogen-bond acceptors (Lipinski definition) is 0. The van der Waals surface area contributed by atoms with Crippen LogP contribution in [0.25, 0.3) is 0 Å². The summed E-state index contributed by atoms with van der Waals surface area (Å²) in [5.41, 5.74) is 0. The van der Waals surface area contributed by atoms with Gasteiger partial charge in [-0.15, -0.1) is 0 Å². The van der Waals surface area contributed by atoms with Gasteiger partial charge in [-0.2, -0.15) is 18.2 Å². The first-order chi connectivity index (χ1) is 3.50. The molecule has 0 unspecified atom stereocenters. The summed E-state index contributed by atoms with van der Waals surface area (Å²) in [6.45, 7) is 0. The molecule has 0 atom stereocenters. The van der Waals surface area contributed by atoms with E-state index in [4.69, 9.17) is 8.25 Å². The van der Waals surface area contributed by atoms with Gasteiger partial charge in [0, 0.05) is 0 Å². The Labute approximate surface area is 63.3 Å². The molecule has 0 aliphatic carbocycles. The first kappa shape index (κ1) is 7.58. The summed E-state index contributed by atoms with van der Waals surface area (Å²) >= 11 is 0.500.